The van der Waals surface area contributed by atoms with E-state index in [4.69, 9.17) is 5.26 Å². The Bertz CT molecular complexity index is 788. The molecule has 2 heterocycles. The molecule has 94 valence electrons. The van der Waals surface area contributed by atoms with Gasteiger partial charge in [-0.15, -0.1) is 0 Å². The van der Waals surface area contributed by atoms with E-state index in [9.17, 15) is 0 Å². The van der Waals surface area contributed by atoms with Crippen LogP contribution in [0.5, 0.6) is 0 Å². The number of hydrogen-bond donors (Lipinski definition) is 1. The Hall–Kier alpha value is -2.61. The van der Waals surface area contributed by atoms with Gasteiger partial charge in [-0.05, 0) is 19.1 Å². The Kier molecular flexibility index (Phi) is 2.57. The van der Waals surface area contributed by atoms with Crippen molar-refractivity contribution >= 4 is 11.0 Å². The predicted molar refractivity (Wildman–Crippen MR) is 72.3 cm³/mol. The molecule has 0 atom stereocenters. The number of aromatic amines is 1. The van der Waals surface area contributed by atoms with E-state index in [-0.39, 0.29) is 0 Å². The molecular weight excluding hydrogens is 238 g/mol. The summed E-state index contributed by atoms with van der Waals surface area (Å²) in [5, 5.41) is 8.65. The van der Waals surface area contributed by atoms with Gasteiger partial charge >= 0.3 is 0 Å². The maximum atomic E-state index is 8.65. The van der Waals surface area contributed by atoms with Crippen LogP contribution in [0.25, 0.3) is 22.3 Å². The van der Waals surface area contributed by atoms with Crippen LogP contribution in [0.1, 0.15) is 11.6 Å². The number of aromatic nitrogens is 4. The fourth-order valence-electron chi connectivity index (χ4n) is 2.16. The van der Waals surface area contributed by atoms with Gasteiger partial charge in [0.05, 0.1) is 35.4 Å². The molecule has 19 heavy (non-hydrogen) atoms. The third-order valence-electron chi connectivity index (χ3n) is 3.29. The third kappa shape index (κ3) is 1.87. The summed E-state index contributed by atoms with van der Waals surface area (Å²) in [5.41, 5.74) is 4.02. The average Bonchev–Trinajstić information content (AvgIpc) is 2.96. The Labute approximate surface area is 110 Å². The first-order chi connectivity index (χ1) is 9.19. The molecule has 0 aliphatic rings. The fourth-order valence-corrected chi connectivity index (χ4v) is 2.16. The third-order valence-corrected chi connectivity index (χ3v) is 3.29. The number of fused-ring (bicyclic) bond motifs is 1. The molecule has 0 radical (unpaired) electrons. The summed E-state index contributed by atoms with van der Waals surface area (Å²) in [5.74, 6) is 1.68. The number of aryl methyl sites for hydroxylation is 2. The minimum Gasteiger partial charge on any atom is -0.341 e. The van der Waals surface area contributed by atoms with Gasteiger partial charge in [-0.25, -0.2) is 9.97 Å². The lowest BCUT2D eigenvalue weighted by molar-refractivity contribution is 0.886. The van der Waals surface area contributed by atoms with Gasteiger partial charge in [0.2, 0.25) is 0 Å². The van der Waals surface area contributed by atoms with Gasteiger partial charge in [0.25, 0.3) is 0 Å². The molecule has 3 rings (SSSR count). The molecule has 1 aromatic carbocycles. The van der Waals surface area contributed by atoms with Gasteiger partial charge in [0, 0.05) is 12.6 Å². The number of nitrogens with one attached hydrogen (secondary N) is 1. The van der Waals surface area contributed by atoms with Crippen LogP contribution >= 0.6 is 0 Å². The lowest BCUT2D eigenvalue weighted by Crippen LogP contribution is -1.89. The fraction of sp³-hybridized carbons (Fsp3) is 0.214. The van der Waals surface area contributed by atoms with E-state index in [1.165, 1.54) is 0 Å². The largest absolute Gasteiger partial charge is 0.341 e. The van der Waals surface area contributed by atoms with Gasteiger partial charge < -0.3 is 9.55 Å². The maximum absolute atomic E-state index is 8.65. The molecule has 0 aliphatic carbocycles. The quantitative estimate of drug-likeness (QED) is 0.760. The van der Waals surface area contributed by atoms with Crippen LogP contribution in [0.4, 0.5) is 0 Å². The lowest BCUT2D eigenvalue weighted by Gasteiger charge is -1.99. The van der Waals surface area contributed by atoms with Crippen molar-refractivity contribution in [2.75, 3.05) is 0 Å². The molecule has 0 unspecified atom stereocenters. The highest BCUT2D eigenvalue weighted by Gasteiger charge is 2.08. The second-order valence-corrected chi connectivity index (χ2v) is 4.50. The van der Waals surface area contributed by atoms with E-state index in [0.29, 0.717) is 12.2 Å². The zero-order valence-corrected chi connectivity index (χ0v) is 10.8. The molecule has 3 aromatic rings. The van der Waals surface area contributed by atoms with Gasteiger partial charge in [-0.3, -0.25) is 0 Å². The number of rotatable bonds is 2. The van der Waals surface area contributed by atoms with Crippen molar-refractivity contribution in [1.29, 1.82) is 5.26 Å². The first-order valence-electron chi connectivity index (χ1n) is 6.03. The summed E-state index contributed by atoms with van der Waals surface area (Å²) in [6, 6.07) is 8.20. The standard InChI is InChI=1S/C14H13N5/c1-9-17-11-7-10(3-4-13(11)19(9)2)12-8-16-14(18-12)5-6-15/h3-4,7-8H,5H2,1-2H3,(H,16,18). The monoisotopic (exact) mass is 251 g/mol. The highest BCUT2D eigenvalue weighted by Crippen LogP contribution is 2.23. The van der Waals surface area contributed by atoms with E-state index in [1.54, 1.807) is 6.20 Å². The van der Waals surface area contributed by atoms with Crippen molar-refractivity contribution in [2.24, 2.45) is 7.05 Å². The van der Waals surface area contributed by atoms with Crippen molar-refractivity contribution in [3.8, 4) is 17.3 Å². The lowest BCUT2D eigenvalue weighted by atomic mass is 10.1. The van der Waals surface area contributed by atoms with Crippen LogP contribution in [0, 0.1) is 18.3 Å². The number of H-pyrrole nitrogens is 1. The first-order valence-corrected chi connectivity index (χ1v) is 6.03. The van der Waals surface area contributed by atoms with Gasteiger partial charge in [-0.1, -0.05) is 6.07 Å². The molecule has 0 aliphatic heterocycles. The number of nitriles is 1. The Morgan fingerprint density at radius 3 is 3.05 bits per heavy atom. The molecular formula is C14H13N5. The summed E-state index contributed by atoms with van der Waals surface area (Å²) in [6.07, 6.45) is 2.05. The van der Waals surface area contributed by atoms with Crippen LogP contribution in [-0.2, 0) is 13.5 Å². The van der Waals surface area contributed by atoms with Crippen LogP contribution in [-0.4, -0.2) is 19.5 Å². The number of nitrogens with zero attached hydrogens (tertiary/aromatic N) is 4. The van der Waals surface area contributed by atoms with Gasteiger partial charge in [-0.2, -0.15) is 5.26 Å². The van der Waals surface area contributed by atoms with Gasteiger partial charge in [0.1, 0.15) is 11.6 Å². The van der Waals surface area contributed by atoms with E-state index in [2.05, 4.69) is 31.7 Å². The Morgan fingerprint density at radius 2 is 2.26 bits per heavy atom. The molecule has 0 saturated carbocycles. The average molecular weight is 251 g/mol. The molecule has 5 nitrogen and oxygen atoms in total. The number of imidazole rings is 2. The minimum atomic E-state index is 0.297. The van der Waals surface area contributed by atoms with E-state index < -0.39 is 0 Å². The van der Waals surface area contributed by atoms with E-state index in [1.807, 2.05) is 26.1 Å². The second kappa shape index (κ2) is 4.25. The van der Waals surface area contributed by atoms with Crippen molar-refractivity contribution in [3.05, 3.63) is 36.0 Å². The number of hydrogen-bond acceptors (Lipinski definition) is 3. The van der Waals surface area contributed by atoms with Gasteiger partial charge in [0.15, 0.2) is 0 Å². The smallest absolute Gasteiger partial charge is 0.120 e. The summed E-state index contributed by atoms with van der Waals surface area (Å²) >= 11 is 0. The molecule has 0 bridgehead atoms. The molecule has 0 amide bonds. The molecule has 1 N–H and O–H groups in total. The minimum absolute atomic E-state index is 0.297. The summed E-state index contributed by atoms with van der Waals surface area (Å²) in [7, 11) is 2.01. The zero-order chi connectivity index (χ0) is 13.4. The SMILES string of the molecule is Cc1nc2cc(-c3cnc(CC#N)[nH]3)ccc2n1C. The van der Waals surface area contributed by atoms with E-state index in [0.717, 1.165) is 28.1 Å². The Morgan fingerprint density at radius 1 is 1.42 bits per heavy atom. The summed E-state index contributed by atoms with van der Waals surface area (Å²) in [6.45, 7) is 1.99. The van der Waals surface area contributed by atoms with Crippen molar-refractivity contribution in [1.82, 2.24) is 19.5 Å². The topological polar surface area (TPSA) is 70.3 Å². The molecule has 0 saturated heterocycles. The highest BCUT2D eigenvalue weighted by atomic mass is 15.0. The normalized spacial score (nSPS) is 10.8. The second-order valence-electron chi connectivity index (χ2n) is 4.50. The summed E-state index contributed by atoms with van der Waals surface area (Å²) < 4.78 is 2.06. The van der Waals surface area contributed by atoms with Crippen molar-refractivity contribution in [3.63, 3.8) is 0 Å². The van der Waals surface area contributed by atoms with Crippen LogP contribution < -0.4 is 0 Å². The molecule has 0 fully saturated rings. The predicted octanol–water partition coefficient (Wildman–Crippen LogP) is 2.34. The Balaban J connectivity index is 2.07. The molecule has 0 spiro atoms. The van der Waals surface area contributed by atoms with Crippen molar-refractivity contribution in [2.45, 2.75) is 13.3 Å². The summed E-state index contributed by atoms with van der Waals surface area (Å²) in [4.78, 5) is 11.8. The first kappa shape index (κ1) is 11.5. The highest BCUT2D eigenvalue weighted by molar-refractivity contribution is 5.81. The molecule has 5 heteroatoms. The zero-order valence-electron chi connectivity index (χ0n) is 10.8. The van der Waals surface area contributed by atoms with Crippen LogP contribution in [0.3, 0.4) is 0 Å². The maximum Gasteiger partial charge on any atom is 0.120 e. The number of benzene rings is 1. The van der Waals surface area contributed by atoms with Crippen LogP contribution in [0.15, 0.2) is 24.4 Å². The van der Waals surface area contributed by atoms with E-state index >= 15 is 0 Å². The van der Waals surface area contributed by atoms with Crippen LogP contribution in [0.2, 0.25) is 0 Å². The molecule has 2 aromatic heterocycles. The van der Waals surface area contributed by atoms with Crippen molar-refractivity contribution < 1.29 is 0 Å².